The first-order valence-corrected chi connectivity index (χ1v) is 5.09. The van der Waals surface area contributed by atoms with Crippen LogP contribution in [0.2, 0.25) is 0 Å². The zero-order chi connectivity index (χ0) is 14.3. The second-order valence-electron chi connectivity index (χ2n) is 3.85. The van der Waals surface area contributed by atoms with E-state index in [2.05, 4.69) is 24.8 Å². The van der Waals surface area contributed by atoms with Crippen molar-refractivity contribution in [2.75, 3.05) is 18.7 Å². The molecule has 1 atom stereocenters. The van der Waals surface area contributed by atoms with Crippen LogP contribution in [0.5, 0.6) is 0 Å². The second kappa shape index (κ2) is 4.21. The minimum absolute atomic E-state index is 0.263. The Kier molecular flexibility index (Phi) is 2.95. The Hall–Kier alpha value is -2.13. The summed E-state index contributed by atoms with van der Waals surface area (Å²) in [5.41, 5.74) is -3.01. The van der Waals surface area contributed by atoms with Gasteiger partial charge in [0.25, 0.3) is 5.54 Å². The van der Waals surface area contributed by atoms with Crippen molar-refractivity contribution in [3.63, 3.8) is 0 Å². The molecule has 1 aromatic heterocycles. The van der Waals surface area contributed by atoms with Gasteiger partial charge in [0.15, 0.2) is 5.82 Å². The number of ether oxygens (including phenoxy) is 1. The van der Waals surface area contributed by atoms with Gasteiger partial charge in [-0.2, -0.15) is 23.3 Å². The Morgan fingerprint density at radius 3 is 2.74 bits per heavy atom. The number of methoxy groups -OCH3 is 1. The fourth-order valence-electron chi connectivity index (χ4n) is 1.68. The van der Waals surface area contributed by atoms with Gasteiger partial charge in [0.05, 0.1) is 7.11 Å². The average Bonchev–Trinajstić information content (AvgIpc) is 2.92. The van der Waals surface area contributed by atoms with Crippen molar-refractivity contribution in [2.24, 2.45) is 10.3 Å². The first-order valence-electron chi connectivity index (χ1n) is 5.09. The maximum Gasteiger partial charge on any atom is 0.426 e. The Morgan fingerprint density at radius 1 is 1.58 bits per heavy atom. The van der Waals surface area contributed by atoms with E-state index in [4.69, 9.17) is 0 Å². The van der Waals surface area contributed by atoms with Gasteiger partial charge >= 0.3 is 12.1 Å². The van der Waals surface area contributed by atoms with E-state index in [9.17, 15) is 18.0 Å². The number of hydrogen-bond donors (Lipinski definition) is 0. The molecule has 1 aromatic rings. The van der Waals surface area contributed by atoms with Crippen molar-refractivity contribution in [2.45, 2.75) is 18.6 Å². The highest BCUT2D eigenvalue weighted by atomic mass is 19.4. The number of carbonyl (C=O) groups excluding carboxylic acids is 1. The van der Waals surface area contributed by atoms with Crippen LogP contribution in [0, 0.1) is 6.92 Å². The lowest BCUT2D eigenvalue weighted by molar-refractivity contribution is -0.200. The zero-order valence-corrected chi connectivity index (χ0v) is 9.93. The number of alkyl halides is 3. The van der Waals surface area contributed by atoms with Gasteiger partial charge < -0.3 is 9.26 Å². The molecule has 1 unspecified atom stereocenters. The van der Waals surface area contributed by atoms with Crippen LogP contribution in [0.15, 0.2) is 20.9 Å². The van der Waals surface area contributed by atoms with Gasteiger partial charge in [-0.05, 0) is 6.92 Å². The van der Waals surface area contributed by atoms with Gasteiger partial charge in [0.1, 0.15) is 12.3 Å². The smallest absolute Gasteiger partial charge is 0.426 e. The lowest BCUT2D eigenvalue weighted by Crippen LogP contribution is -2.63. The summed E-state index contributed by atoms with van der Waals surface area (Å²) in [5.74, 6) is -1.50. The molecule has 0 fully saturated rings. The molecule has 10 heteroatoms. The Morgan fingerprint density at radius 2 is 2.26 bits per heavy atom. The molecule has 0 radical (unpaired) electrons. The molecule has 0 aromatic carbocycles. The highest BCUT2D eigenvalue weighted by molar-refractivity contribution is 5.87. The zero-order valence-electron chi connectivity index (χ0n) is 9.93. The fourth-order valence-corrected chi connectivity index (χ4v) is 1.68. The van der Waals surface area contributed by atoms with Crippen LogP contribution in [-0.4, -0.2) is 36.5 Å². The third kappa shape index (κ3) is 1.83. The molecule has 2 heterocycles. The van der Waals surface area contributed by atoms with Gasteiger partial charge in [-0.3, -0.25) is 0 Å². The molecule has 0 aliphatic carbocycles. The number of aryl methyl sites for hydroxylation is 1. The predicted octanol–water partition coefficient (Wildman–Crippen LogP) is 1.64. The van der Waals surface area contributed by atoms with Crippen molar-refractivity contribution < 1.29 is 27.2 Å². The summed E-state index contributed by atoms with van der Waals surface area (Å²) < 4.78 is 48.8. The SMILES string of the molecule is COC(=O)C1(C(F)(F)F)CN=NN1c1cc(C)on1. The average molecular weight is 278 g/mol. The number of anilines is 1. The molecular formula is C9H9F3N4O3. The molecule has 0 spiro atoms. The van der Waals surface area contributed by atoms with E-state index in [1.54, 1.807) is 0 Å². The molecule has 0 N–H and O–H groups in total. The molecule has 0 bridgehead atoms. The topological polar surface area (TPSA) is 80.3 Å². The van der Waals surface area contributed by atoms with Gasteiger partial charge in [-0.1, -0.05) is 10.4 Å². The van der Waals surface area contributed by atoms with Crippen LogP contribution in [0.25, 0.3) is 0 Å². The summed E-state index contributed by atoms with van der Waals surface area (Å²) in [4.78, 5) is 11.6. The minimum Gasteiger partial charge on any atom is -0.467 e. The van der Waals surface area contributed by atoms with Crippen LogP contribution in [0.4, 0.5) is 19.0 Å². The predicted molar refractivity (Wildman–Crippen MR) is 54.2 cm³/mol. The summed E-state index contributed by atoms with van der Waals surface area (Å²) in [6, 6.07) is 1.22. The summed E-state index contributed by atoms with van der Waals surface area (Å²) >= 11 is 0. The third-order valence-corrected chi connectivity index (χ3v) is 2.64. The number of nitrogens with zero attached hydrogens (tertiary/aromatic N) is 4. The first kappa shape index (κ1) is 13.3. The monoisotopic (exact) mass is 278 g/mol. The molecule has 0 saturated carbocycles. The van der Waals surface area contributed by atoms with E-state index in [1.807, 2.05) is 0 Å². The van der Waals surface area contributed by atoms with Crippen LogP contribution in [0.1, 0.15) is 5.76 Å². The maximum absolute atomic E-state index is 13.3. The lowest BCUT2D eigenvalue weighted by Gasteiger charge is -2.32. The molecular weight excluding hydrogens is 269 g/mol. The minimum atomic E-state index is -4.93. The summed E-state index contributed by atoms with van der Waals surface area (Å²) in [6.07, 6.45) is -4.93. The van der Waals surface area contributed by atoms with E-state index in [0.717, 1.165) is 7.11 Å². The van der Waals surface area contributed by atoms with E-state index in [-0.39, 0.29) is 11.6 Å². The summed E-state index contributed by atoms with van der Waals surface area (Å²) in [7, 11) is 0.861. The standard InChI is InChI=1S/C9H9F3N4O3/c1-5-3-6(14-19-5)16-8(4-13-15-16,7(17)18-2)9(10,11)12/h3H,4H2,1-2H3. The van der Waals surface area contributed by atoms with Crippen molar-refractivity contribution in [3.8, 4) is 0 Å². The molecule has 0 saturated heterocycles. The number of carbonyl (C=O) groups is 1. The Balaban J connectivity index is 2.52. The molecule has 1 aliphatic heterocycles. The van der Waals surface area contributed by atoms with Crippen molar-refractivity contribution in [1.82, 2.24) is 5.16 Å². The largest absolute Gasteiger partial charge is 0.467 e. The number of aromatic nitrogens is 1. The van der Waals surface area contributed by atoms with Gasteiger partial charge in [-0.25, -0.2) is 4.79 Å². The van der Waals surface area contributed by atoms with Crippen LogP contribution >= 0.6 is 0 Å². The maximum atomic E-state index is 13.3. The van der Waals surface area contributed by atoms with E-state index < -0.39 is 24.2 Å². The van der Waals surface area contributed by atoms with Crippen molar-refractivity contribution >= 4 is 11.8 Å². The number of esters is 1. The Bertz CT molecular complexity index is 527. The van der Waals surface area contributed by atoms with E-state index >= 15 is 0 Å². The molecule has 19 heavy (non-hydrogen) atoms. The normalized spacial score (nSPS) is 22.9. The van der Waals surface area contributed by atoms with E-state index in [1.165, 1.54) is 13.0 Å². The van der Waals surface area contributed by atoms with Crippen LogP contribution < -0.4 is 5.01 Å². The summed E-state index contributed by atoms with van der Waals surface area (Å²) in [6.45, 7) is 0.603. The van der Waals surface area contributed by atoms with Gasteiger partial charge in [-0.15, -0.1) is 0 Å². The number of rotatable bonds is 2. The van der Waals surface area contributed by atoms with Crippen molar-refractivity contribution in [3.05, 3.63) is 11.8 Å². The molecule has 104 valence electrons. The molecule has 1 aliphatic rings. The van der Waals surface area contributed by atoms with Crippen LogP contribution in [0.3, 0.4) is 0 Å². The van der Waals surface area contributed by atoms with Crippen LogP contribution in [-0.2, 0) is 9.53 Å². The summed E-state index contributed by atoms with van der Waals surface area (Å²) in [5, 5.41) is 10.4. The second-order valence-corrected chi connectivity index (χ2v) is 3.85. The van der Waals surface area contributed by atoms with Crippen molar-refractivity contribution in [1.29, 1.82) is 0 Å². The number of halogens is 3. The first-order chi connectivity index (χ1) is 8.83. The highest BCUT2D eigenvalue weighted by Crippen LogP contribution is 2.42. The van der Waals surface area contributed by atoms with Gasteiger partial charge in [0.2, 0.25) is 0 Å². The third-order valence-electron chi connectivity index (χ3n) is 2.64. The quantitative estimate of drug-likeness (QED) is 0.768. The molecule has 2 rings (SSSR count). The molecule has 7 nitrogen and oxygen atoms in total. The highest BCUT2D eigenvalue weighted by Gasteiger charge is 2.69. The molecule has 0 amide bonds. The van der Waals surface area contributed by atoms with E-state index in [0.29, 0.717) is 5.01 Å². The number of hydrogen-bond acceptors (Lipinski definition) is 7. The van der Waals surface area contributed by atoms with Gasteiger partial charge in [0, 0.05) is 6.07 Å². The lowest BCUT2D eigenvalue weighted by atomic mass is 9.98. The fraction of sp³-hybridized carbons (Fsp3) is 0.556. The Labute approximate surface area is 105 Å².